The van der Waals surface area contributed by atoms with E-state index in [1.165, 1.54) is 25.7 Å². The lowest BCUT2D eigenvalue weighted by molar-refractivity contribution is -0.0177. The van der Waals surface area contributed by atoms with Crippen molar-refractivity contribution in [1.82, 2.24) is 15.1 Å². The molecule has 0 radical (unpaired) electrons. The number of rotatable bonds is 6. The number of hydrogen-bond acceptors (Lipinski definition) is 4. The van der Waals surface area contributed by atoms with E-state index in [1.807, 2.05) is 7.05 Å². The normalized spacial score (nSPS) is 26.9. The Morgan fingerprint density at radius 2 is 1.89 bits per heavy atom. The van der Waals surface area contributed by atoms with Crippen LogP contribution >= 0.6 is 24.0 Å². The Hall–Kier alpha value is -0.120. The van der Waals surface area contributed by atoms with E-state index in [0.717, 1.165) is 70.7 Å². The van der Waals surface area contributed by atoms with Crippen molar-refractivity contribution in [2.45, 2.75) is 70.6 Å². The summed E-state index contributed by atoms with van der Waals surface area (Å²) in [5, 5.41) is 3.60. The highest BCUT2D eigenvalue weighted by atomic mass is 127. The van der Waals surface area contributed by atoms with Gasteiger partial charge in [-0.05, 0) is 45.4 Å². The third-order valence-electron chi connectivity index (χ3n) is 6.54. The highest BCUT2D eigenvalue weighted by Gasteiger charge is 2.26. The van der Waals surface area contributed by atoms with Crippen molar-refractivity contribution < 1.29 is 9.47 Å². The molecule has 2 heterocycles. The van der Waals surface area contributed by atoms with Crippen LogP contribution in [0, 0.1) is 5.92 Å². The van der Waals surface area contributed by atoms with E-state index in [0.29, 0.717) is 18.2 Å². The Kier molecular flexibility index (Phi) is 10.8. The second kappa shape index (κ2) is 12.5. The zero-order valence-corrected chi connectivity index (χ0v) is 20.4. The van der Waals surface area contributed by atoms with Crippen LogP contribution in [0.25, 0.3) is 0 Å². The lowest BCUT2D eigenvalue weighted by atomic mass is 10.1. The van der Waals surface area contributed by atoms with E-state index < -0.39 is 0 Å². The second-order valence-electron chi connectivity index (χ2n) is 8.61. The molecule has 0 aromatic rings. The quantitative estimate of drug-likeness (QED) is 0.340. The first-order valence-electron chi connectivity index (χ1n) is 11.1. The summed E-state index contributed by atoms with van der Waals surface area (Å²) < 4.78 is 11.8. The molecule has 0 aromatic heterocycles. The third-order valence-corrected chi connectivity index (χ3v) is 6.54. The Morgan fingerprint density at radius 1 is 1.18 bits per heavy atom. The lowest BCUT2D eigenvalue weighted by Crippen LogP contribution is -2.54. The molecule has 164 valence electrons. The van der Waals surface area contributed by atoms with Crippen LogP contribution in [-0.2, 0) is 9.47 Å². The molecular weight excluding hydrogens is 467 g/mol. The maximum Gasteiger partial charge on any atom is 0.193 e. The highest BCUT2D eigenvalue weighted by Crippen LogP contribution is 2.26. The monoisotopic (exact) mass is 508 g/mol. The van der Waals surface area contributed by atoms with Crippen LogP contribution in [0.4, 0.5) is 0 Å². The maximum atomic E-state index is 6.21. The fourth-order valence-corrected chi connectivity index (χ4v) is 4.77. The average Bonchev–Trinajstić information content (AvgIpc) is 3.21. The van der Waals surface area contributed by atoms with Crippen molar-refractivity contribution in [3.05, 3.63) is 0 Å². The summed E-state index contributed by atoms with van der Waals surface area (Å²) in [5.41, 5.74) is 0. The van der Waals surface area contributed by atoms with Gasteiger partial charge in [0.2, 0.25) is 0 Å². The zero-order valence-electron chi connectivity index (χ0n) is 18.1. The van der Waals surface area contributed by atoms with Gasteiger partial charge in [-0.25, -0.2) is 0 Å². The Labute approximate surface area is 188 Å². The number of nitrogens with one attached hydrogen (secondary N) is 1. The molecule has 2 saturated heterocycles. The SMILES string of the molecule is CN=C(NCC(C)N1CCOCC1C)N1CCC(OCC2CCCC2)CC1.I. The first kappa shape index (κ1) is 24.2. The fourth-order valence-electron chi connectivity index (χ4n) is 4.77. The van der Waals surface area contributed by atoms with Gasteiger partial charge in [0.15, 0.2) is 5.96 Å². The van der Waals surface area contributed by atoms with Crippen LogP contribution in [-0.4, -0.2) is 87.0 Å². The van der Waals surface area contributed by atoms with Gasteiger partial charge in [-0.2, -0.15) is 0 Å². The van der Waals surface area contributed by atoms with Gasteiger partial charge in [-0.15, -0.1) is 24.0 Å². The predicted molar refractivity (Wildman–Crippen MR) is 126 cm³/mol. The molecule has 7 heteroatoms. The number of halogens is 1. The molecular formula is C21H41IN4O2. The predicted octanol–water partition coefficient (Wildman–Crippen LogP) is 2.96. The number of piperidine rings is 1. The number of ether oxygens (including phenoxy) is 2. The average molecular weight is 508 g/mol. The van der Waals surface area contributed by atoms with Gasteiger partial charge < -0.3 is 19.7 Å². The highest BCUT2D eigenvalue weighted by molar-refractivity contribution is 14.0. The van der Waals surface area contributed by atoms with Gasteiger partial charge >= 0.3 is 0 Å². The van der Waals surface area contributed by atoms with E-state index in [-0.39, 0.29) is 24.0 Å². The lowest BCUT2D eigenvalue weighted by Gasteiger charge is -2.39. The van der Waals surface area contributed by atoms with E-state index in [4.69, 9.17) is 9.47 Å². The molecule has 3 rings (SSSR count). The largest absolute Gasteiger partial charge is 0.379 e. The number of morpholine rings is 1. The maximum absolute atomic E-state index is 6.21. The summed E-state index contributed by atoms with van der Waals surface area (Å²) in [6, 6.07) is 0.971. The second-order valence-corrected chi connectivity index (χ2v) is 8.61. The molecule has 2 atom stereocenters. The standard InChI is InChI=1S/C21H40N4O2.HI/c1-17(25-12-13-26-15-18(25)2)14-23-21(22-3)24-10-8-20(9-11-24)27-16-19-6-4-5-7-19;/h17-20H,4-16H2,1-3H3,(H,22,23);1H. The topological polar surface area (TPSA) is 49.3 Å². The molecule has 0 aromatic carbocycles. The summed E-state index contributed by atoms with van der Waals surface area (Å²) in [7, 11) is 1.90. The van der Waals surface area contributed by atoms with Crippen LogP contribution in [0.3, 0.4) is 0 Å². The number of likely N-dealkylation sites (tertiary alicyclic amines) is 1. The summed E-state index contributed by atoms with van der Waals surface area (Å²) in [6.07, 6.45) is 8.21. The smallest absolute Gasteiger partial charge is 0.193 e. The Morgan fingerprint density at radius 3 is 2.54 bits per heavy atom. The fraction of sp³-hybridized carbons (Fsp3) is 0.952. The van der Waals surface area contributed by atoms with Crippen molar-refractivity contribution in [3.63, 3.8) is 0 Å². The van der Waals surface area contributed by atoms with Crippen LogP contribution in [0.5, 0.6) is 0 Å². The molecule has 3 fully saturated rings. The van der Waals surface area contributed by atoms with Gasteiger partial charge in [-0.1, -0.05) is 12.8 Å². The molecule has 1 N–H and O–H groups in total. The minimum atomic E-state index is 0. The van der Waals surface area contributed by atoms with Gasteiger partial charge in [0.25, 0.3) is 0 Å². The van der Waals surface area contributed by atoms with Crippen molar-refractivity contribution in [2.75, 3.05) is 53.0 Å². The number of hydrogen-bond donors (Lipinski definition) is 1. The van der Waals surface area contributed by atoms with Crippen molar-refractivity contribution in [3.8, 4) is 0 Å². The van der Waals surface area contributed by atoms with E-state index in [9.17, 15) is 0 Å². The number of aliphatic imine (C=N–C) groups is 1. The van der Waals surface area contributed by atoms with Crippen molar-refractivity contribution in [1.29, 1.82) is 0 Å². The van der Waals surface area contributed by atoms with Crippen LogP contribution in [0.2, 0.25) is 0 Å². The molecule has 2 aliphatic heterocycles. The number of guanidine groups is 1. The first-order chi connectivity index (χ1) is 13.2. The van der Waals surface area contributed by atoms with Gasteiger partial charge in [0.05, 0.1) is 19.3 Å². The van der Waals surface area contributed by atoms with Gasteiger partial charge in [0, 0.05) is 51.9 Å². The van der Waals surface area contributed by atoms with Crippen LogP contribution in [0.15, 0.2) is 4.99 Å². The molecule has 3 aliphatic rings. The van der Waals surface area contributed by atoms with Gasteiger partial charge in [0.1, 0.15) is 0 Å². The summed E-state index contributed by atoms with van der Waals surface area (Å²) in [4.78, 5) is 9.46. The van der Waals surface area contributed by atoms with Crippen LogP contribution in [0.1, 0.15) is 52.4 Å². The summed E-state index contributed by atoms with van der Waals surface area (Å²) in [5.74, 6) is 1.86. The molecule has 0 amide bonds. The summed E-state index contributed by atoms with van der Waals surface area (Å²) in [6.45, 7) is 11.2. The molecule has 28 heavy (non-hydrogen) atoms. The van der Waals surface area contributed by atoms with Gasteiger partial charge in [-0.3, -0.25) is 9.89 Å². The summed E-state index contributed by atoms with van der Waals surface area (Å²) >= 11 is 0. The third kappa shape index (κ3) is 6.99. The molecule has 0 bridgehead atoms. The van der Waals surface area contributed by atoms with E-state index in [1.54, 1.807) is 0 Å². The van der Waals surface area contributed by atoms with Crippen molar-refractivity contribution in [2.24, 2.45) is 10.9 Å². The Bertz CT molecular complexity index is 465. The molecule has 1 saturated carbocycles. The molecule has 1 aliphatic carbocycles. The first-order valence-corrected chi connectivity index (χ1v) is 11.1. The number of nitrogens with zero attached hydrogens (tertiary/aromatic N) is 3. The molecule has 0 spiro atoms. The molecule has 6 nitrogen and oxygen atoms in total. The minimum absolute atomic E-state index is 0. The van der Waals surface area contributed by atoms with Crippen molar-refractivity contribution >= 4 is 29.9 Å². The zero-order chi connectivity index (χ0) is 19.1. The molecule has 2 unspecified atom stereocenters. The Balaban J connectivity index is 0.00000280. The minimum Gasteiger partial charge on any atom is -0.379 e. The van der Waals surface area contributed by atoms with Crippen LogP contribution < -0.4 is 5.32 Å². The van der Waals surface area contributed by atoms with E-state index in [2.05, 4.69) is 34.0 Å². The van der Waals surface area contributed by atoms with E-state index >= 15 is 0 Å².